The van der Waals surface area contributed by atoms with Crippen molar-refractivity contribution in [2.75, 3.05) is 0 Å². The lowest BCUT2D eigenvalue weighted by Crippen LogP contribution is -2.15. The van der Waals surface area contributed by atoms with E-state index in [1.165, 1.54) is 12.1 Å². The lowest BCUT2D eigenvalue weighted by atomic mass is 10.0. The molecule has 0 bridgehead atoms. The Balaban J connectivity index is 3.64. The van der Waals surface area contributed by atoms with E-state index in [9.17, 15) is 14.9 Å². The molecule has 6 nitrogen and oxygen atoms in total. The van der Waals surface area contributed by atoms with Gasteiger partial charge in [0, 0.05) is 6.07 Å². The second kappa shape index (κ2) is 3.75. The van der Waals surface area contributed by atoms with Crippen LogP contribution < -0.4 is 5.73 Å². The summed E-state index contributed by atoms with van der Waals surface area (Å²) in [6.45, 7) is 1.56. The quantitative estimate of drug-likeness (QED) is 0.570. The van der Waals surface area contributed by atoms with E-state index >= 15 is 0 Å². The number of hydrogen-bond donors (Lipinski definition) is 1. The van der Waals surface area contributed by atoms with Crippen molar-refractivity contribution in [1.29, 1.82) is 5.26 Å². The molecule has 76 valence electrons. The number of nitro benzene ring substituents is 1. The molecular weight excluding hydrogens is 198 g/mol. The summed E-state index contributed by atoms with van der Waals surface area (Å²) < 4.78 is 0. The standard InChI is InChI=1S/C9H7N3O3/c1-5-2-3-7(12(14)15)6(4-10)8(5)9(11)13/h2-3H,1H3,(H2,11,13). The van der Waals surface area contributed by atoms with Crippen molar-refractivity contribution >= 4 is 11.6 Å². The smallest absolute Gasteiger partial charge is 0.287 e. The van der Waals surface area contributed by atoms with E-state index < -0.39 is 16.5 Å². The minimum Gasteiger partial charge on any atom is -0.366 e. The van der Waals surface area contributed by atoms with Crippen LogP contribution in [0.25, 0.3) is 0 Å². The summed E-state index contributed by atoms with van der Waals surface area (Å²) in [6.07, 6.45) is 0. The monoisotopic (exact) mass is 205 g/mol. The van der Waals surface area contributed by atoms with E-state index in [-0.39, 0.29) is 11.1 Å². The Morgan fingerprint density at radius 3 is 2.60 bits per heavy atom. The number of nitrogens with two attached hydrogens (primary N) is 1. The van der Waals surface area contributed by atoms with Gasteiger partial charge in [0.05, 0.1) is 10.5 Å². The van der Waals surface area contributed by atoms with Gasteiger partial charge in [-0.05, 0) is 12.5 Å². The Morgan fingerprint density at radius 2 is 2.20 bits per heavy atom. The van der Waals surface area contributed by atoms with E-state index in [0.29, 0.717) is 5.56 Å². The van der Waals surface area contributed by atoms with Crippen molar-refractivity contribution in [3.63, 3.8) is 0 Å². The summed E-state index contributed by atoms with van der Waals surface area (Å²) >= 11 is 0. The van der Waals surface area contributed by atoms with Crippen LogP contribution in [0.4, 0.5) is 5.69 Å². The molecule has 0 heterocycles. The Labute approximate surface area is 85.1 Å². The summed E-state index contributed by atoms with van der Waals surface area (Å²) in [7, 11) is 0. The minimum atomic E-state index is -0.840. The molecule has 0 aromatic heterocycles. The highest BCUT2D eigenvalue weighted by Gasteiger charge is 2.22. The van der Waals surface area contributed by atoms with Gasteiger partial charge >= 0.3 is 0 Å². The van der Waals surface area contributed by atoms with Crippen molar-refractivity contribution in [1.82, 2.24) is 0 Å². The Kier molecular flexibility index (Phi) is 2.67. The predicted molar refractivity (Wildman–Crippen MR) is 51.1 cm³/mol. The molecule has 1 amide bonds. The SMILES string of the molecule is Cc1ccc([N+](=O)[O-])c(C#N)c1C(N)=O. The first-order valence-electron chi connectivity index (χ1n) is 3.97. The molecule has 0 radical (unpaired) electrons. The van der Waals surface area contributed by atoms with Gasteiger partial charge < -0.3 is 5.73 Å². The minimum absolute atomic E-state index is 0.0910. The molecule has 0 aliphatic carbocycles. The van der Waals surface area contributed by atoms with Crippen LogP contribution in [0.1, 0.15) is 21.5 Å². The summed E-state index contributed by atoms with van der Waals surface area (Å²) in [5, 5.41) is 19.3. The number of carbonyl (C=O) groups excluding carboxylic acids is 1. The van der Waals surface area contributed by atoms with Gasteiger partial charge in [-0.2, -0.15) is 5.26 Å². The zero-order valence-corrected chi connectivity index (χ0v) is 7.85. The molecule has 6 heteroatoms. The summed E-state index contributed by atoms with van der Waals surface area (Å²) in [5.74, 6) is -0.840. The van der Waals surface area contributed by atoms with Crippen LogP contribution in [0.15, 0.2) is 12.1 Å². The van der Waals surface area contributed by atoms with E-state index in [0.717, 1.165) is 0 Å². The van der Waals surface area contributed by atoms with Crippen LogP contribution in [-0.4, -0.2) is 10.8 Å². The van der Waals surface area contributed by atoms with Crippen LogP contribution in [0.2, 0.25) is 0 Å². The van der Waals surface area contributed by atoms with Gasteiger partial charge in [0.1, 0.15) is 11.6 Å². The number of nitrogens with zero attached hydrogens (tertiary/aromatic N) is 2. The molecule has 1 aromatic rings. The highest BCUT2D eigenvalue weighted by atomic mass is 16.6. The van der Waals surface area contributed by atoms with Gasteiger partial charge in [0.15, 0.2) is 0 Å². The molecule has 2 N–H and O–H groups in total. The number of benzene rings is 1. The first kappa shape index (κ1) is 10.7. The fourth-order valence-corrected chi connectivity index (χ4v) is 1.28. The maximum atomic E-state index is 11.0. The molecule has 0 aliphatic rings. The Hall–Kier alpha value is -2.42. The number of hydrogen-bond acceptors (Lipinski definition) is 4. The molecule has 0 saturated carbocycles. The van der Waals surface area contributed by atoms with Gasteiger partial charge in [-0.15, -0.1) is 0 Å². The van der Waals surface area contributed by atoms with E-state index in [1.54, 1.807) is 13.0 Å². The van der Waals surface area contributed by atoms with Gasteiger partial charge in [-0.25, -0.2) is 0 Å². The van der Waals surface area contributed by atoms with E-state index in [2.05, 4.69) is 0 Å². The molecular formula is C9H7N3O3. The number of nitro groups is 1. The molecule has 1 rings (SSSR count). The molecule has 0 unspecified atom stereocenters. The van der Waals surface area contributed by atoms with Crippen molar-refractivity contribution in [3.8, 4) is 6.07 Å². The second-order valence-corrected chi connectivity index (χ2v) is 2.88. The van der Waals surface area contributed by atoms with Crippen LogP contribution in [0, 0.1) is 28.4 Å². The van der Waals surface area contributed by atoms with Gasteiger partial charge in [-0.3, -0.25) is 14.9 Å². The van der Waals surface area contributed by atoms with Crippen molar-refractivity contribution in [3.05, 3.63) is 38.9 Å². The summed E-state index contributed by atoms with van der Waals surface area (Å²) in [6, 6.07) is 4.19. The van der Waals surface area contributed by atoms with Crippen molar-refractivity contribution < 1.29 is 9.72 Å². The topological polar surface area (TPSA) is 110 Å². The van der Waals surface area contributed by atoms with E-state index in [1.807, 2.05) is 0 Å². The molecule has 0 fully saturated rings. The number of primary amides is 1. The highest BCUT2D eigenvalue weighted by molar-refractivity contribution is 5.98. The third kappa shape index (κ3) is 1.76. The predicted octanol–water partition coefficient (Wildman–Crippen LogP) is 0.874. The molecule has 0 saturated heterocycles. The fraction of sp³-hybridized carbons (Fsp3) is 0.111. The molecule has 0 aliphatic heterocycles. The average molecular weight is 205 g/mol. The van der Waals surface area contributed by atoms with Crippen molar-refractivity contribution in [2.24, 2.45) is 5.73 Å². The molecule has 15 heavy (non-hydrogen) atoms. The van der Waals surface area contributed by atoms with E-state index in [4.69, 9.17) is 11.0 Å². The first-order chi connectivity index (χ1) is 6.99. The van der Waals surface area contributed by atoms with Crippen LogP contribution in [0.5, 0.6) is 0 Å². The summed E-state index contributed by atoms with van der Waals surface area (Å²) in [5.41, 5.74) is 4.71. The first-order valence-corrected chi connectivity index (χ1v) is 3.97. The molecule has 0 atom stereocenters. The third-order valence-corrected chi connectivity index (χ3v) is 1.95. The highest BCUT2D eigenvalue weighted by Crippen LogP contribution is 2.23. The fourth-order valence-electron chi connectivity index (χ4n) is 1.28. The summed E-state index contributed by atoms with van der Waals surface area (Å²) in [4.78, 5) is 20.9. The Morgan fingerprint density at radius 1 is 1.60 bits per heavy atom. The number of nitriles is 1. The van der Waals surface area contributed by atoms with Crippen molar-refractivity contribution in [2.45, 2.75) is 6.92 Å². The van der Waals surface area contributed by atoms with Gasteiger partial charge in [0.25, 0.3) is 11.6 Å². The third-order valence-electron chi connectivity index (χ3n) is 1.95. The van der Waals surface area contributed by atoms with Crippen LogP contribution in [-0.2, 0) is 0 Å². The maximum Gasteiger partial charge on any atom is 0.287 e. The average Bonchev–Trinajstić information content (AvgIpc) is 2.15. The maximum absolute atomic E-state index is 11.0. The zero-order valence-electron chi connectivity index (χ0n) is 7.85. The normalized spacial score (nSPS) is 9.33. The molecule has 0 spiro atoms. The Bertz CT molecular complexity index is 488. The largest absolute Gasteiger partial charge is 0.366 e. The number of carbonyl (C=O) groups is 1. The van der Waals surface area contributed by atoms with Gasteiger partial charge in [-0.1, -0.05) is 6.07 Å². The van der Waals surface area contributed by atoms with Crippen LogP contribution >= 0.6 is 0 Å². The second-order valence-electron chi connectivity index (χ2n) is 2.88. The lowest BCUT2D eigenvalue weighted by molar-refractivity contribution is -0.385. The molecule has 1 aromatic carbocycles. The zero-order chi connectivity index (χ0) is 11.6. The number of aryl methyl sites for hydroxylation is 1. The number of amides is 1. The lowest BCUT2D eigenvalue weighted by Gasteiger charge is -2.03. The van der Waals surface area contributed by atoms with Crippen LogP contribution in [0.3, 0.4) is 0 Å². The number of rotatable bonds is 2. The van der Waals surface area contributed by atoms with Gasteiger partial charge in [0.2, 0.25) is 0 Å².